The molecular formula is C18H19ClN2O5. The van der Waals surface area contributed by atoms with Crippen LogP contribution in [0.3, 0.4) is 0 Å². The number of rotatable bonds is 6. The number of nitrogens with one attached hydrogen (secondary N) is 1. The summed E-state index contributed by atoms with van der Waals surface area (Å²) in [6.45, 7) is 2.76. The van der Waals surface area contributed by atoms with Gasteiger partial charge in [-0.3, -0.25) is 9.59 Å². The summed E-state index contributed by atoms with van der Waals surface area (Å²) in [6.07, 6.45) is 0.561. The Bertz CT molecular complexity index is 771. The summed E-state index contributed by atoms with van der Waals surface area (Å²) in [5.41, 5.74) is 6.73. The summed E-state index contributed by atoms with van der Waals surface area (Å²) in [6, 6.07) is 8.80. The van der Waals surface area contributed by atoms with Crippen molar-refractivity contribution in [3.63, 3.8) is 0 Å². The second-order valence-electron chi connectivity index (χ2n) is 5.85. The van der Waals surface area contributed by atoms with Crippen LogP contribution in [0.4, 0.5) is 0 Å². The van der Waals surface area contributed by atoms with Crippen LogP contribution in [0.1, 0.15) is 25.3 Å². The molecule has 1 aliphatic heterocycles. The maximum absolute atomic E-state index is 12.5. The number of benzene rings is 1. The van der Waals surface area contributed by atoms with Gasteiger partial charge in [0.2, 0.25) is 6.79 Å². The van der Waals surface area contributed by atoms with Gasteiger partial charge in [0.05, 0.1) is 17.4 Å². The van der Waals surface area contributed by atoms with Gasteiger partial charge in [0.1, 0.15) is 17.3 Å². The predicted molar refractivity (Wildman–Crippen MR) is 94.4 cm³/mol. The lowest BCUT2D eigenvalue weighted by Gasteiger charge is -2.27. The minimum atomic E-state index is -0.816. The molecule has 0 aliphatic carbocycles. The summed E-state index contributed by atoms with van der Waals surface area (Å²) in [5, 5.41) is 2.63. The molecule has 0 amide bonds. The number of nitrogens with two attached hydrogens (primary N) is 1. The Morgan fingerprint density at radius 2 is 1.92 bits per heavy atom. The number of carbonyl (C=O) groups excluding carboxylic acids is 3. The fourth-order valence-corrected chi connectivity index (χ4v) is 2.68. The van der Waals surface area contributed by atoms with E-state index in [9.17, 15) is 14.4 Å². The fraction of sp³-hybridized carbons (Fsp3) is 0.278. The third-order valence-corrected chi connectivity index (χ3v) is 4.04. The number of halogens is 1. The van der Waals surface area contributed by atoms with Crippen LogP contribution in [0.15, 0.2) is 52.5 Å². The lowest BCUT2D eigenvalue weighted by Crippen LogP contribution is -2.33. The van der Waals surface area contributed by atoms with Crippen LogP contribution in [-0.4, -0.2) is 25.0 Å². The van der Waals surface area contributed by atoms with Crippen molar-refractivity contribution in [1.29, 1.82) is 0 Å². The normalized spacial score (nSPS) is 17.0. The molecular weight excluding hydrogens is 360 g/mol. The molecule has 26 heavy (non-hydrogen) atoms. The number of hydrogen-bond donors (Lipinski definition) is 2. The largest absolute Gasteiger partial charge is 0.428 e. The van der Waals surface area contributed by atoms with E-state index < -0.39 is 24.6 Å². The van der Waals surface area contributed by atoms with Gasteiger partial charge in [-0.1, -0.05) is 55.8 Å². The van der Waals surface area contributed by atoms with Gasteiger partial charge in [0, 0.05) is 5.57 Å². The van der Waals surface area contributed by atoms with Crippen LogP contribution in [-0.2, 0) is 23.9 Å². The van der Waals surface area contributed by atoms with Crippen LogP contribution in [0, 0.1) is 5.92 Å². The third-order valence-electron chi connectivity index (χ3n) is 3.73. The van der Waals surface area contributed by atoms with Crippen LogP contribution >= 0.6 is 11.6 Å². The Kier molecular flexibility index (Phi) is 6.41. The van der Waals surface area contributed by atoms with Gasteiger partial charge in [-0.2, -0.15) is 0 Å². The minimum Gasteiger partial charge on any atom is -0.428 e. The molecule has 0 saturated heterocycles. The first-order chi connectivity index (χ1) is 12.4. The predicted octanol–water partition coefficient (Wildman–Crippen LogP) is 1.89. The van der Waals surface area contributed by atoms with E-state index in [1.807, 2.05) is 0 Å². The van der Waals surface area contributed by atoms with Crippen molar-refractivity contribution in [2.24, 2.45) is 11.7 Å². The molecule has 0 unspecified atom stereocenters. The van der Waals surface area contributed by atoms with E-state index in [1.165, 1.54) is 0 Å². The zero-order valence-corrected chi connectivity index (χ0v) is 15.1. The van der Waals surface area contributed by atoms with E-state index in [1.54, 1.807) is 44.2 Å². The Balaban J connectivity index is 2.28. The van der Waals surface area contributed by atoms with Gasteiger partial charge in [-0.15, -0.1) is 0 Å². The number of dihydropyridines is 1. The molecule has 0 bridgehead atoms. The molecule has 1 aliphatic rings. The smallest absolute Gasteiger partial charge is 0.341 e. The standard InChI is InChI=1S/C18H19ClN2O5/c1-10(2)17(23)25-9-26-18(24)14-13(11-6-4-3-5-7-11)12(8-22)15(19)21-16(14)20/h3-8,10,13,21H,9,20H2,1-2H3/t13-/m1/s1. The molecule has 3 N–H and O–H groups in total. The molecule has 0 aromatic heterocycles. The number of carbonyl (C=O) groups is 3. The summed E-state index contributed by atoms with van der Waals surface area (Å²) in [7, 11) is 0. The van der Waals surface area contributed by atoms with Crippen molar-refractivity contribution in [2.75, 3.05) is 6.79 Å². The van der Waals surface area contributed by atoms with E-state index in [4.69, 9.17) is 26.8 Å². The van der Waals surface area contributed by atoms with E-state index >= 15 is 0 Å². The lowest BCUT2D eigenvalue weighted by molar-refractivity contribution is -0.167. The minimum absolute atomic E-state index is 0.0169. The molecule has 0 spiro atoms. The highest BCUT2D eigenvalue weighted by Gasteiger charge is 2.35. The first-order valence-corrected chi connectivity index (χ1v) is 8.24. The molecule has 1 aromatic carbocycles. The first-order valence-electron chi connectivity index (χ1n) is 7.87. The highest BCUT2D eigenvalue weighted by atomic mass is 35.5. The molecule has 8 heteroatoms. The van der Waals surface area contributed by atoms with Crippen molar-refractivity contribution >= 4 is 29.8 Å². The van der Waals surface area contributed by atoms with Crippen molar-refractivity contribution in [3.05, 3.63) is 58.0 Å². The number of allylic oxidation sites excluding steroid dienone is 1. The molecule has 0 saturated carbocycles. The van der Waals surface area contributed by atoms with Crippen molar-refractivity contribution in [1.82, 2.24) is 5.32 Å². The quantitative estimate of drug-likeness (QED) is 0.337. The Labute approximate surface area is 155 Å². The third kappa shape index (κ3) is 4.23. The molecule has 0 fully saturated rings. The SMILES string of the molecule is CC(C)C(=O)OCOC(=O)C1=C(N)NC(Cl)=C(C=O)[C@H]1c1ccccc1. The highest BCUT2D eigenvalue weighted by molar-refractivity contribution is 6.31. The van der Waals surface area contributed by atoms with E-state index in [2.05, 4.69) is 5.32 Å². The Hall–Kier alpha value is -2.80. The average molecular weight is 379 g/mol. The Morgan fingerprint density at radius 3 is 2.50 bits per heavy atom. The lowest BCUT2D eigenvalue weighted by atomic mass is 9.83. The van der Waals surface area contributed by atoms with Crippen LogP contribution in [0.5, 0.6) is 0 Å². The number of aldehydes is 1. The number of esters is 2. The monoisotopic (exact) mass is 378 g/mol. The Morgan fingerprint density at radius 1 is 1.27 bits per heavy atom. The van der Waals surface area contributed by atoms with Gasteiger partial charge >= 0.3 is 11.9 Å². The molecule has 1 aromatic rings. The van der Waals surface area contributed by atoms with Crippen molar-refractivity contribution in [2.45, 2.75) is 19.8 Å². The van der Waals surface area contributed by atoms with Crippen LogP contribution in [0.2, 0.25) is 0 Å². The van der Waals surface area contributed by atoms with Gasteiger partial charge in [0.25, 0.3) is 0 Å². The molecule has 138 valence electrons. The topological polar surface area (TPSA) is 108 Å². The van der Waals surface area contributed by atoms with Crippen molar-refractivity contribution in [3.8, 4) is 0 Å². The zero-order valence-electron chi connectivity index (χ0n) is 14.3. The fourth-order valence-electron chi connectivity index (χ4n) is 2.42. The van der Waals surface area contributed by atoms with Crippen LogP contribution < -0.4 is 11.1 Å². The summed E-state index contributed by atoms with van der Waals surface area (Å²) in [5.74, 6) is -2.50. The van der Waals surface area contributed by atoms with Gasteiger partial charge in [0.15, 0.2) is 0 Å². The highest BCUT2D eigenvalue weighted by Crippen LogP contribution is 2.37. The first kappa shape index (κ1) is 19.5. The van der Waals surface area contributed by atoms with Crippen LogP contribution in [0.25, 0.3) is 0 Å². The number of hydrogen-bond acceptors (Lipinski definition) is 7. The molecule has 2 rings (SSSR count). The zero-order chi connectivity index (χ0) is 19.3. The van der Waals surface area contributed by atoms with Gasteiger partial charge < -0.3 is 20.5 Å². The van der Waals surface area contributed by atoms with E-state index in [0.717, 1.165) is 0 Å². The van der Waals surface area contributed by atoms with Crippen molar-refractivity contribution < 1.29 is 23.9 Å². The summed E-state index contributed by atoms with van der Waals surface area (Å²) >= 11 is 6.07. The maximum atomic E-state index is 12.5. The molecule has 1 atom stereocenters. The molecule has 7 nitrogen and oxygen atoms in total. The second kappa shape index (κ2) is 8.53. The molecule has 0 radical (unpaired) electrons. The average Bonchev–Trinajstić information content (AvgIpc) is 2.61. The van der Waals surface area contributed by atoms with E-state index in [0.29, 0.717) is 11.8 Å². The van der Waals surface area contributed by atoms with E-state index in [-0.39, 0.29) is 28.0 Å². The summed E-state index contributed by atoms with van der Waals surface area (Å²) in [4.78, 5) is 35.5. The maximum Gasteiger partial charge on any atom is 0.341 e. The van der Waals surface area contributed by atoms with Gasteiger partial charge in [-0.25, -0.2) is 4.79 Å². The molecule has 1 heterocycles. The number of ether oxygens (including phenoxy) is 2. The second-order valence-corrected chi connectivity index (χ2v) is 6.23. The summed E-state index contributed by atoms with van der Waals surface area (Å²) < 4.78 is 9.85. The van der Waals surface area contributed by atoms with Gasteiger partial charge in [-0.05, 0) is 5.56 Å².